The van der Waals surface area contributed by atoms with Crippen molar-refractivity contribution in [1.82, 2.24) is 4.98 Å². The first-order valence-corrected chi connectivity index (χ1v) is 7.17. The van der Waals surface area contributed by atoms with E-state index in [1.165, 1.54) is 8.96 Å². The Morgan fingerprint density at radius 2 is 1.68 bits per heavy atom. The summed E-state index contributed by atoms with van der Waals surface area (Å²) < 4.78 is 1.21. The molecule has 2 aromatic carbocycles. The van der Waals surface area contributed by atoms with Crippen LogP contribution < -0.4 is 5.73 Å². The highest BCUT2D eigenvalue weighted by molar-refractivity contribution is 14.1. The molecule has 19 heavy (non-hydrogen) atoms. The van der Waals surface area contributed by atoms with Gasteiger partial charge in [0.2, 0.25) is 0 Å². The van der Waals surface area contributed by atoms with Crippen molar-refractivity contribution in [1.29, 1.82) is 0 Å². The summed E-state index contributed by atoms with van der Waals surface area (Å²) in [5.74, 6) is 0. The summed E-state index contributed by atoms with van der Waals surface area (Å²) in [5.41, 5.74) is 8.57. The monoisotopic (exact) mass is 360 g/mol. The molecule has 0 radical (unpaired) electrons. The fourth-order valence-corrected chi connectivity index (χ4v) is 2.60. The molecule has 94 valence electrons. The summed E-state index contributed by atoms with van der Waals surface area (Å²) in [6.07, 6.45) is 3.74. The lowest BCUT2D eigenvalue weighted by atomic mass is 9.97. The number of hydrogen-bond acceptors (Lipinski definition) is 2. The molecule has 0 bridgehead atoms. The highest BCUT2D eigenvalue weighted by Gasteiger charge is 2.12. The van der Waals surface area contributed by atoms with E-state index in [1.807, 2.05) is 24.5 Å². The van der Waals surface area contributed by atoms with Crippen LogP contribution in [0.25, 0.3) is 10.8 Å². The first-order valence-electron chi connectivity index (χ1n) is 6.09. The molecule has 0 aliphatic rings. The molecule has 3 aromatic rings. The van der Waals surface area contributed by atoms with Crippen LogP contribution in [0.3, 0.4) is 0 Å². The predicted molar refractivity (Wildman–Crippen MR) is 86.9 cm³/mol. The Hall–Kier alpha value is -1.46. The van der Waals surface area contributed by atoms with Crippen LogP contribution in [0.15, 0.2) is 60.9 Å². The molecule has 1 atom stereocenters. The van der Waals surface area contributed by atoms with Gasteiger partial charge < -0.3 is 5.73 Å². The molecule has 0 aliphatic heterocycles. The molecule has 0 aliphatic carbocycles. The Morgan fingerprint density at radius 3 is 2.47 bits per heavy atom. The third kappa shape index (κ3) is 2.48. The second-order valence-electron chi connectivity index (χ2n) is 4.48. The highest BCUT2D eigenvalue weighted by Crippen LogP contribution is 2.26. The SMILES string of the molecule is NC(c1ccc(I)cc1)c1cncc2ccccc12. The van der Waals surface area contributed by atoms with E-state index in [0.29, 0.717) is 0 Å². The Bertz CT molecular complexity index is 702. The maximum Gasteiger partial charge on any atom is 0.0573 e. The van der Waals surface area contributed by atoms with Crippen LogP contribution in [0.2, 0.25) is 0 Å². The number of pyridine rings is 1. The van der Waals surface area contributed by atoms with E-state index in [4.69, 9.17) is 5.73 Å². The van der Waals surface area contributed by atoms with Crippen molar-refractivity contribution in [3.05, 3.63) is 75.6 Å². The number of fused-ring (bicyclic) bond motifs is 1. The maximum atomic E-state index is 6.39. The average Bonchev–Trinajstić information content (AvgIpc) is 2.47. The molecule has 3 heteroatoms. The lowest BCUT2D eigenvalue weighted by Gasteiger charge is -2.14. The fraction of sp³-hybridized carbons (Fsp3) is 0.0625. The van der Waals surface area contributed by atoms with Crippen molar-refractivity contribution in [3.63, 3.8) is 0 Å². The maximum absolute atomic E-state index is 6.39. The van der Waals surface area contributed by atoms with Crippen molar-refractivity contribution < 1.29 is 0 Å². The standard InChI is InChI=1S/C16H13IN2/c17-13-7-5-11(6-8-13)16(18)15-10-19-9-12-3-1-2-4-14(12)15/h1-10,16H,18H2. The molecular formula is C16H13IN2. The zero-order valence-electron chi connectivity index (χ0n) is 10.3. The molecular weight excluding hydrogens is 347 g/mol. The van der Waals surface area contributed by atoms with E-state index < -0.39 is 0 Å². The predicted octanol–water partition coefficient (Wildman–Crippen LogP) is 3.89. The van der Waals surface area contributed by atoms with Crippen molar-refractivity contribution in [2.75, 3.05) is 0 Å². The molecule has 0 amide bonds. The molecule has 0 saturated heterocycles. The Morgan fingerprint density at radius 1 is 0.947 bits per heavy atom. The lowest BCUT2D eigenvalue weighted by Crippen LogP contribution is -2.12. The minimum atomic E-state index is -0.143. The van der Waals surface area contributed by atoms with E-state index in [0.717, 1.165) is 16.5 Å². The first kappa shape index (κ1) is 12.6. The van der Waals surface area contributed by atoms with Crippen molar-refractivity contribution in [3.8, 4) is 0 Å². The minimum Gasteiger partial charge on any atom is -0.320 e. The van der Waals surface area contributed by atoms with Gasteiger partial charge in [0.25, 0.3) is 0 Å². The summed E-state index contributed by atoms with van der Waals surface area (Å²) in [4.78, 5) is 4.30. The van der Waals surface area contributed by atoms with Crippen molar-refractivity contribution >= 4 is 33.4 Å². The van der Waals surface area contributed by atoms with Gasteiger partial charge in [-0.3, -0.25) is 4.98 Å². The fourth-order valence-electron chi connectivity index (χ4n) is 2.24. The molecule has 1 aromatic heterocycles. The molecule has 2 N–H and O–H groups in total. The van der Waals surface area contributed by atoms with Crippen LogP contribution in [-0.4, -0.2) is 4.98 Å². The van der Waals surface area contributed by atoms with Crippen LogP contribution >= 0.6 is 22.6 Å². The zero-order chi connectivity index (χ0) is 13.2. The van der Waals surface area contributed by atoms with Crippen LogP contribution in [0.1, 0.15) is 17.2 Å². The molecule has 0 fully saturated rings. The van der Waals surface area contributed by atoms with Crippen LogP contribution in [0.4, 0.5) is 0 Å². The van der Waals surface area contributed by atoms with E-state index in [2.05, 4.69) is 64.0 Å². The minimum absolute atomic E-state index is 0.143. The molecule has 0 spiro atoms. The van der Waals surface area contributed by atoms with E-state index >= 15 is 0 Å². The summed E-state index contributed by atoms with van der Waals surface area (Å²) in [6, 6.07) is 16.4. The van der Waals surface area contributed by atoms with Gasteiger partial charge in [0.05, 0.1) is 6.04 Å². The summed E-state index contributed by atoms with van der Waals surface area (Å²) in [5, 5.41) is 2.30. The van der Waals surface area contributed by atoms with Gasteiger partial charge in [-0.05, 0) is 51.2 Å². The van der Waals surface area contributed by atoms with Gasteiger partial charge in [0.1, 0.15) is 0 Å². The number of rotatable bonds is 2. The molecule has 2 nitrogen and oxygen atoms in total. The number of halogens is 1. The van der Waals surface area contributed by atoms with Gasteiger partial charge in [0, 0.05) is 21.4 Å². The largest absolute Gasteiger partial charge is 0.320 e. The summed E-state index contributed by atoms with van der Waals surface area (Å²) in [6.45, 7) is 0. The quantitative estimate of drug-likeness (QED) is 0.705. The molecule has 0 saturated carbocycles. The van der Waals surface area contributed by atoms with Crippen LogP contribution in [0.5, 0.6) is 0 Å². The van der Waals surface area contributed by atoms with Gasteiger partial charge >= 0.3 is 0 Å². The second kappa shape index (κ2) is 5.27. The van der Waals surface area contributed by atoms with Crippen LogP contribution in [-0.2, 0) is 0 Å². The average molecular weight is 360 g/mol. The summed E-state index contributed by atoms with van der Waals surface area (Å²) >= 11 is 2.30. The third-order valence-electron chi connectivity index (χ3n) is 3.26. The topological polar surface area (TPSA) is 38.9 Å². The van der Waals surface area contributed by atoms with E-state index in [1.54, 1.807) is 0 Å². The Kier molecular flexibility index (Phi) is 3.48. The highest BCUT2D eigenvalue weighted by atomic mass is 127. The number of nitrogens with two attached hydrogens (primary N) is 1. The van der Waals surface area contributed by atoms with Gasteiger partial charge in [-0.2, -0.15) is 0 Å². The number of benzene rings is 2. The normalized spacial score (nSPS) is 12.5. The molecule has 1 heterocycles. The number of aromatic nitrogens is 1. The smallest absolute Gasteiger partial charge is 0.0573 e. The lowest BCUT2D eigenvalue weighted by molar-refractivity contribution is 0.873. The second-order valence-corrected chi connectivity index (χ2v) is 5.72. The Balaban J connectivity index is 2.11. The van der Waals surface area contributed by atoms with E-state index in [9.17, 15) is 0 Å². The number of hydrogen-bond donors (Lipinski definition) is 1. The van der Waals surface area contributed by atoms with Crippen molar-refractivity contribution in [2.24, 2.45) is 5.73 Å². The van der Waals surface area contributed by atoms with Gasteiger partial charge in [-0.15, -0.1) is 0 Å². The molecule has 1 unspecified atom stereocenters. The van der Waals surface area contributed by atoms with Crippen LogP contribution in [0, 0.1) is 3.57 Å². The third-order valence-corrected chi connectivity index (χ3v) is 3.98. The van der Waals surface area contributed by atoms with Gasteiger partial charge in [0.15, 0.2) is 0 Å². The van der Waals surface area contributed by atoms with E-state index in [-0.39, 0.29) is 6.04 Å². The van der Waals surface area contributed by atoms with Crippen molar-refractivity contribution in [2.45, 2.75) is 6.04 Å². The first-order chi connectivity index (χ1) is 9.25. The Labute approximate surface area is 125 Å². The number of nitrogens with zero attached hydrogens (tertiary/aromatic N) is 1. The van der Waals surface area contributed by atoms with Gasteiger partial charge in [-0.1, -0.05) is 36.4 Å². The summed E-state index contributed by atoms with van der Waals surface area (Å²) in [7, 11) is 0. The molecule has 3 rings (SSSR count). The van der Waals surface area contributed by atoms with Gasteiger partial charge in [-0.25, -0.2) is 0 Å². The zero-order valence-corrected chi connectivity index (χ0v) is 12.4.